The van der Waals surface area contributed by atoms with Crippen molar-refractivity contribution in [2.24, 2.45) is 10.7 Å². The molecule has 2 aromatic carbocycles. The van der Waals surface area contributed by atoms with Gasteiger partial charge in [0.1, 0.15) is 5.75 Å². The van der Waals surface area contributed by atoms with Crippen molar-refractivity contribution in [1.29, 1.82) is 0 Å². The van der Waals surface area contributed by atoms with Crippen LogP contribution in [0.1, 0.15) is 15.9 Å². The number of halogens is 1. The van der Waals surface area contributed by atoms with Gasteiger partial charge in [0.25, 0.3) is 5.91 Å². The highest BCUT2D eigenvalue weighted by Crippen LogP contribution is 2.27. The summed E-state index contributed by atoms with van der Waals surface area (Å²) in [6.45, 7) is 0. The van der Waals surface area contributed by atoms with E-state index in [2.05, 4.69) is 4.99 Å². The van der Waals surface area contributed by atoms with Crippen LogP contribution in [0, 0.1) is 0 Å². The van der Waals surface area contributed by atoms with E-state index in [4.69, 9.17) is 22.1 Å². The molecule has 0 radical (unpaired) electrons. The number of carbonyl (C=O) groups excluding carboxylic acids is 2. The first kappa shape index (κ1) is 16.3. The highest BCUT2D eigenvalue weighted by atomic mass is 35.5. The molecule has 2 N–H and O–H groups in total. The second-order valence-corrected chi connectivity index (χ2v) is 6.33. The van der Waals surface area contributed by atoms with Gasteiger partial charge in [-0.3, -0.25) is 4.79 Å². The summed E-state index contributed by atoms with van der Waals surface area (Å²) in [4.78, 5) is 27.8. The Kier molecular flexibility index (Phi) is 4.69. The molecule has 1 aliphatic heterocycles. The average molecular weight is 359 g/mol. The molecule has 3 rings (SSSR count). The monoisotopic (exact) mass is 358 g/mol. The molecule has 2 aromatic rings. The van der Waals surface area contributed by atoms with Crippen LogP contribution < -0.4 is 10.5 Å². The Morgan fingerprint density at radius 3 is 2.62 bits per heavy atom. The summed E-state index contributed by atoms with van der Waals surface area (Å²) in [5, 5.41) is 0.761. The molecule has 0 saturated heterocycles. The van der Waals surface area contributed by atoms with Crippen LogP contribution in [0.15, 0.2) is 58.4 Å². The van der Waals surface area contributed by atoms with Crippen LogP contribution in [-0.2, 0) is 4.79 Å². The van der Waals surface area contributed by atoms with Crippen molar-refractivity contribution >= 4 is 46.5 Å². The van der Waals surface area contributed by atoms with Gasteiger partial charge in [0.2, 0.25) is 0 Å². The fourth-order valence-electron chi connectivity index (χ4n) is 2.00. The number of hydrogen-bond donors (Lipinski definition) is 1. The topological polar surface area (TPSA) is 81.8 Å². The van der Waals surface area contributed by atoms with E-state index in [0.717, 1.165) is 11.8 Å². The van der Waals surface area contributed by atoms with Gasteiger partial charge in [0.05, 0.1) is 10.5 Å². The van der Waals surface area contributed by atoms with Crippen LogP contribution in [0.25, 0.3) is 6.08 Å². The third kappa shape index (κ3) is 3.84. The van der Waals surface area contributed by atoms with Crippen molar-refractivity contribution in [1.82, 2.24) is 0 Å². The molecule has 0 aromatic heterocycles. The number of thioether (sulfide) groups is 1. The smallest absolute Gasteiger partial charge is 0.343 e. The number of esters is 1. The number of nitrogens with two attached hydrogens (primary N) is 1. The number of rotatable bonds is 3. The van der Waals surface area contributed by atoms with Gasteiger partial charge in [0.15, 0.2) is 5.17 Å². The average Bonchev–Trinajstić information content (AvgIpc) is 2.86. The lowest BCUT2D eigenvalue weighted by atomic mass is 10.2. The molecule has 24 heavy (non-hydrogen) atoms. The second-order valence-electron chi connectivity index (χ2n) is 4.83. The maximum Gasteiger partial charge on any atom is 0.343 e. The summed E-state index contributed by atoms with van der Waals surface area (Å²) in [5.41, 5.74) is 6.61. The molecule has 0 saturated carbocycles. The van der Waals surface area contributed by atoms with E-state index >= 15 is 0 Å². The van der Waals surface area contributed by atoms with Crippen LogP contribution >= 0.6 is 23.4 Å². The molecule has 1 amide bonds. The first-order chi connectivity index (χ1) is 11.5. The summed E-state index contributed by atoms with van der Waals surface area (Å²) in [7, 11) is 0. The van der Waals surface area contributed by atoms with Crippen LogP contribution in [-0.4, -0.2) is 17.0 Å². The Morgan fingerprint density at radius 2 is 1.96 bits per heavy atom. The summed E-state index contributed by atoms with van der Waals surface area (Å²) in [5.74, 6) is -0.495. The molecular formula is C17H11ClN2O3S. The lowest BCUT2D eigenvalue weighted by Crippen LogP contribution is -2.08. The molecule has 0 spiro atoms. The van der Waals surface area contributed by atoms with E-state index in [1.54, 1.807) is 54.6 Å². The van der Waals surface area contributed by atoms with Gasteiger partial charge in [0, 0.05) is 5.02 Å². The summed E-state index contributed by atoms with van der Waals surface area (Å²) in [6.07, 6.45) is 1.65. The van der Waals surface area contributed by atoms with Gasteiger partial charge in [-0.25, -0.2) is 4.79 Å². The van der Waals surface area contributed by atoms with E-state index in [1.165, 1.54) is 0 Å². The number of carbonyl (C=O) groups is 2. The first-order valence-corrected chi connectivity index (χ1v) is 8.06. The zero-order chi connectivity index (χ0) is 17.1. The third-order valence-electron chi connectivity index (χ3n) is 3.08. The lowest BCUT2D eigenvalue weighted by molar-refractivity contribution is -0.113. The fraction of sp³-hybridized carbons (Fsp3) is 0. The first-order valence-electron chi connectivity index (χ1n) is 6.87. The molecule has 0 fully saturated rings. The number of aliphatic imine (C=N–C) groups is 1. The number of amidine groups is 1. The Hall–Kier alpha value is -2.57. The van der Waals surface area contributed by atoms with E-state index < -0.39 is 5.97 Å². The van der Waals surface area contributed by atoms with Gasteiger partial charge in [-0.1, -0.05) is 23.7 Å². The predicted octanol–water partition coefficient (Wildman–Crippen LogP) is 3.49. The molecule has 0 bridgehead atoms. The molecule has 5 nitrogen and oxygen atoms in total. The normalized spacial score (nSPS) is 15.5. The number of hydrogen-bond acceptors (Lipinski definition) is 5. The second kappa shape index (κ2) is 6.90. The number of nitrogens with zero attached hydrogens (tertiary/aromatic N) is 1. The van der Waals surface area contributed by atoms with Crippen molar-refractivity contribution in [3.8, 4) is 5.75 Å². The van der Waals surface area contributed by atoms with Crippen LogP contribution in [0.5, 0.6) is 5.75 Å². The molecule has 7 heteroatoms. The molecule has 1 heterocycles. The SMILES string of the molecule is NC1=NC(=O)/C(=C\c2cccc(OC(=O)c3ccc(Cl)cc3)c2)S1. The minimum absolute atomic E-state index is 0.219. The van der Waals surface area contributed by atoms with Crippen molar-refractivity contribution in [2.45, 2.75) is 0 Å². The Bertz CT molecular complexity index is 876. The number of benzene rings is 2. The van der Waals surface area contributed by atoms with Crippen molar-refractivity contribution in [3.63, 3.8) is 0 Å². The highest BCUT2D eigenvalue weighted by Gasteiger charge is 2.19. The van der Waals surface area contributed by atoms with Crippen LogP contribution in [0.4, 0.5) is 0 Å². The lowest BCUT2D eigenvalue weighted by Gasteiger charge is -2.05. The molecular weight excluding hydrogens is 348 g/mol. The fourth-order valence-corrected chi connectivity index (χ4v) is 2.80. The Morgan fingerprint density at radius 1 is 1.21 bits per heavy atom. The van der Waals surface area contributed by atoms with Gasteiger partial charge < -0.3 is 10.5 Å². The molecule has 0 atom stereocenters. The van der Waals surface area contributed by atoms with E-state index in [9.17, 15) is 9.59 Å². The van der Waals surface area contributed by atoms with E-state index in [1.807, 2.05) is 0 Å². The number of ether oxygens (including phenoxy) is 1. The minimum atomic E-state index is -0.490. The van der Waals surface area contributed by atoms with E-state index in [0.29, 0.717) is 26.8 Å². The van der Waals surface area contributed by atoms with Crippen molar-refractivity contribution < 1.29 is 14.3 Å². The zero-order valence-electron chi connectivity index (χ0n) is 12.2. The van der Waals surface area contributed by atoms with Gasteiger partial charge in [-0.05, 0) is 59.8 Å². The quantitative estimate of drug-likeness (QED) is 0.516. The summed E-state index contributed by atoms with van der Waals surface area (Å²) >= 11 is 6.90. The van der Waals surface area contributed by atoms with Crippen LogP contribution in [0.3, 0.4) is 0 Å². The minimum Gasteiger partial charge on any atom is -0.423 e. The standard InChI is InChI=1S/C17H11ClN2O3S/c18-12-6-4-11(5-7-12)16(22)23-13-3-1-2-10(8-13)9-14-15(21)20-17(19)24-14/h1-9H,(H2,19,20,21)/b14-9+. The van der Waals surface area contributed by atoms with Gasteiger partial charge >= 0.3 is 5.97 Å². The Balaban J connectivity index is 1.76. The molecule has 0 unspecified atom stereocenters. The van der Waals surface area contributed by atoms with Crippen LogP contribution in [0.2, 0.25) is 5.02 Å². The maximum atomic E-state index is 12.1. The summed E-state index contributed by atoms with van der Waals surface area (Å²) < 4.78 is 5.34. The Labute approximate surface area is 147 Å². The molecule has 1 aliphatic rings. The van der Waals surface area contributed by atoms with Crippen molar-refractivity contribution in [3.05, 3.63) is 69.6 Å². The largest absolute Gasteiger partial charge is 0.423 e. The maximum absolute atomic E-state index is 12.1. The number of amides is 1. The van der Waals surface area contributed by atoms with Crippen molar-refractivity contribution in [2.75, 3.05) is 0 Å². The van der Waals surface area contributed by atoms with Gasteiger partial charge in [-0.2, -0.15) is 4.99 Å². The van der Waals surface area contributed by atoms with Gasteiger partial charge in [-0.15, -0.1) is 0 Å². The molecule has 120 valence electrons. The predicted molar refractivity (Wildman–Crippen MR) is 95.0 cm³/mol. The summed E-state index contributed by atoms with van der Waals surface area (Å²) in [6, 6.07) is 13.2. The third-order valence-corrected chi connectivity index (χ3v) is 4.15. The zero-order valence-corrected chi connectivity index (χ0v) is 13.8. The molecule has 0 aliphatic carbocycles. The highest BCUT2D eigenvalue weighted by molar-refractivity contribution is 8.18. The van der Waals surface area contributed by atoms with E-state index in [-0.39, 0.29) is 11.1 Å².